The quantitative estimate of drug-likeness (QED) is 0.516. The van der Waals surface area contributed by atoms with Crippen LogP contribution in [0.1, 0.15) is 30.5 Å². The van der Waals surface area contributed by atoms with Crippen molar-refractivity contribution in [2.45, 2.75) is 56.1 Å². The van der Waals surface area contributed by atoms with E-state index in [0.29, 0.717) is 52.3 Å². The summed E-state index contributed by atoms with van der Waals surface area (Å²) in [6.45, 7) is 0.397. The molecule has 0 saturated carbocycles. The van der Waals surface area contributed by atoms with E-state index in [9.17, 15) is 18.3 Å². The fourth-order valence-electron chi connectivity index (χ4n) is 5.11. The van der Waals surface area contributed by atoms with Gasteiger partial charge in [0.1, 0.15) is 29.9 Å². The lowest BCUT2D eigenvalue weighted by molar-refractivity contribution is -0.465. The molecule has 2 fully saturated rings. The topological polar surface area (TPSA) is 111 Å². The van der Waals surface area contributed by atoms with Gasteiger partial charge in [-0.05, 0) is 30.5 Å². The number of nitrogens with two attached hydrogens (primary N) is 1. The molecule has 1 aliphatic carbocycles. The van der Waals surface area contributed by atoms with E-state index in [2.05, 4.69) is 15.3 Å². The number of nitrogens with zero attached hydrogens (tertiary/aromatic N) is 2. The summed E-state index contributed by atoms with van der Waals surface area (Å²) in [5.74, 6) is -2.58. The summed E-state index contributed by atoms with van der Waals surface area (Å²) >= 11 is 6.47. The summed E-state index contributed by atoms with van der Waals surface area (Å²) < 4.78 is 63.4. The van der Waals surface area contributed by atoms with E-state index in [-0.39, 0.29) is 25.1 Å². The van der Waals surface area contributed by atoms with Crippen molar-refractivity contribution in [3.05, 3.63) is 40.2 Å². The first-order valence-electron chi connectivity index (χ1n) is 12.0. The Hall–Kier alpha value is -2.64. The van der Waals surface area contributed by atoms with Crippen molar-refractivity contribution in [3.8, 4) is 5.75 Å². The largest absolute Gasteiger partial charge is 0.487 e. The van der Waals surface area contributed by atoms with Crippen molar-refractivity contribution >= 4 is 34.9 Å². The van der Waals surface area contributed by atoms with Gasteiger partial charge in [0.2, 0.25) is 0 Å². The number of anilines is 1. The lowest BCUT2D eigenvalue weighted by atomic mass is 10.1. The van der Waals surface area contributed by atoms with Crippen molar-refractivity contribution in [3.63, 3.8) is 0 Å². The van der Waals surface area contributed by atoms with Crippen LogP contribution in [0.25, 0.3) is 0 Å². The average Bonchev–Trinajstić information content (AvgIpc) is 3.59. The van der Waals surface area contributed by atoms with Crippen LogP contribution >= 0.6 is 11.6 Å². The van der Waals surface area contributed by atoms with Gasteiger partial charge in [-0.1, -0.05) is 11.6 Å². The number of hydrogen-bond donors (Lipinski definition) is 3. The maximum atomic E-state index is 15.0. The van der Waals surface area contributed by atoms with Crippen LogP contribution in [-0.4, -0.2) is 66.3 Å². The number of halogens is 4. The number of nitrogens with one attached hydrogen (secondary N) is 1. The first kappa shape index (κ1) is 24.7. The van der Waals surface area contributed by atoms with Crippen molar-refractivity contribution in [1.82, 2.24) is 4.98 Å². The monoisotopic (exact) mass is 541 g/mol. The molecule has 9 nitrogen and oxygen atoms in total. The molecule has 2 saturated heterocycles. The minimum Gasteiger partial charge on any atom is -0.487 e. The fraction of sp³-hybridized carbons (Fsp3) is 0.500. The molecule has 3 aliphatic heterocycles. The Kier molecular flexibility index (Phi) is 6.19. The van der Waals surface area contributed by atoms with Crippen LogP contribution in [0.4, 0.5) is 30.5 Å². The second-order valence-corrected chi connectivity index (χ2v) is 10.1. The minimum absolute atomic E-state index is 0.0721. The zero-order chi connectivity index (χ0) is 25.9. The number of quaternary nitrogens is 1. The highest BCUT2D eigenvalue weighted by atomic mass is 35.5. The van der Waals surface area contributed by atoms with Crippen LogP contribution in [-0.2, 0) is 20.6 Å². The molecule has 4 N–H and O–H groups in total. The van der Waals surface area contributed by atoms with Crippen LogP contribution < -0.4 is 15.4 Å². The van der Waals surface area contributed by atoms with Gasteiger partial charge in [0.15, 0.2) is 24.2 Å². The number of aliphatic imine (C=N–C) groups is 1. The Balaban J connectivity index is 1.13. The number of pyridine rings is 1. The van der Waals surface area contributed by atoms with E-state index in [1.807, 2.05) is 0 Å². The summed E-state index contributed by atoms with van der Waals surface area (Å²) in [6, 6.07) is 4.29. The minimum atomic E-state index is -3.01. The van der Waals surface area contributed by atoms with Gasteiger partial charge in [-0.15, -0.1) is 0 Å². The van der Waals surface area contributed by atoms with Crippen LogP contribution in [0.2, 0.25) is 5.02 Å². The molecule has 5 atom stereocenters. The number of fused-ring (bicyclic) bond motifs is 3. The highest BCUT2D eigenvalue weighted by molar-refractivity contribution is 6.33. The van der Waals surface area contributed by atoms with Gasteiger partial charge in [0.05, 0.1) is 24.3 Å². The van der Waals surface area contributed by atoms with Crippen molar-refractivity contribution in [2.75, 3.05) is 25.1 Å². The first-order chi connectivity index (χ1) is 17.6. The molecule has 4 heterocycles. The summed E-state index contributed by atoms with van der Waals surface area (Å²) in [5, 5.41) is 15.1. The van der Waals surface area contributed by atoms with Crippen molar-refractivity contribution in [1.29, 1.82) is 0 Å². The number of aliphatic hydroxyl groups is 1. The summed E-state index contributed by atoms with van der Waals surface area (Å²) in [6.07, 6.45) is -0.755. The third-order valence-electron chi connectivity index (χ3n) is 6.77. The van der Waals surface area contributed by atoms with E-state index in [1.165, 1.54) is 0 Å². The van der Waals surface area contributed by atoms with Gasteiger partial charge in [0, 0.05) is 18.6 Å². The summed E-state index contributed by atoms with van der Waals surface area (Å²) in [4.78, 5) is 9.01. The standard InChI is InChI=1S/C24H24ClF3N4O5/c1-24(27,28)9-36-11-4-10-2-3-14(18(10)13(26)5-11)29-21-12(25)6-15-22(31-21)32-23(30-15)37-17-8-35-19-16(33)7-34-20(17)19/h4-6,14,16-17,19-20,33H,2-3,7-9H2,1H3,(H2,29,30,31,32)/p+1/t14?,16-,17-,19?,20?/m1/s1. The smallest absolute Gasteiger partial charge is 0.403 e. The summed E-state index contributed by atoms with van der Waals surface area (Å²) in [7, 11) is 0. The third-order valence-corrected chi connectivity index (χ3v) is 7.06. The molecular weight excluding hydrogens is 517 g/mol. The van der Waals surface area contributed by atoms with Gasteiger partial charge in [-0.3, -0.25) is 0 Å². The molecule has 1 aromatic heterocycles. The highest BCUT2D eigenvalue weighted by Crippen LogP contribution is 2.40. The number of hydrogen-bond acceptors (Lipinski definition) is 8. The first-order valence-corrected chi connectivity index (χ1v) is 12.3. The SMILES string of the molecule is CC(F)(F)COc1cc(F)c2c(c1)CCC2Nc1nc2c(cc1Cl)N=C(O[C@@H]1COC3C1OC[C@H]3O)[NH2+]2. The van der Waals surface area contributed by atoms with Crippen LogP contribution in [0.5, 0.6) is 5.75 Å². The normalized spacial score (nSPS) is 28.1. The Bertz CT molecular complexity index is 1260. The highest BCUT2D eigenvalue weighted by Gasteiger charge is 2.49. The molecule has 0 amide bonds. The van der Waals surface area contributed by atoms with Crippen LogP contribution in [0, 0.1) is 5.82 Å². The second kappa shape index (κ2) is 9.28. The molecule has 0 spiro atoms. The van der Waals surface area contributed by atoms with Gasteiger partial charge < -0.3 is 29.4 Å². The summed E-state index contributed by atoms with van der Waals surface area (Å²) in [5.41, 5.74) is 1.65. The number of aryl methyl sites for hydroxylation is 1. The molecule has 0 radical (unpaired) electrons. The molecule has 13 heteroatoms. The predicted molar refractivity (Wildman–Crippen MR) is 125 cm³/mol. The van der Waals surface area contributed by atoms with Crippen LogP contribution in [0.3, 0.4) is 0 Å². The Morgan fingerprint density at radius 1 is 1.24 bits per heavy atom. The Morgan fingerprint density at radius 3 is 2.86 bits per heavy atom. The number of benzene rings is 1. The molecule has 6 rings (SSSR count). The maximum absolute atomic E-state index is 15.0. The number of aromatic nitrogens is 1. The van der Waals surface area contributed by atoms with Gasteiger partial charge >= 0.3 is 6.02 Å². The molecule has 4 aliphatic rings. The molecule has 1 aromatic carbocycles. The predicted octanol–water partition coefficient (Wildman–Crippen LogP) is 2.75. The lowest BCUT2D eigenvalue weighted by Crippen LogP contribution is -2.82. The van der Waals surface area contributed by atoms with E-state index < -0.39 is 42.7 Å². The molecule has 37 heavy (non-hydrogen) atoms. The molecule has 3 unspecified atom stereocenters. The van der Waals surface area contributed by atoms with Crippen molar-refractivity contribution < 1.29 is 42.5 Å². The van der Waals surface area contributed by atoms with E-state index in [0.717, 1.165) is 13.0 Å². The van der Waals surface area contributed by atoms with Crippen molar-refractivity contribution in [2.24, 2.45) is 4.99 Å². The number of aliphatic hydroxyl groups excluding tert-OH is 1. The zero-order valence-corrected chi connectivity index (χ0v) is 20.5. The van der Waals surface area contributed by atoms with E-state index in [1.54, 1.807) is 17.4 Å². The zero-order valence-electron chi connectivity index (χ0n) is 19.7. The number of ether oxygens (including phenoxy) is 4. The number of alkyl halides is 2. The third kappa shape index (κ3) is 4.84. The fourth-order valence-corrected chi connectivity index (χ4v) is 5.31. The van der Waals surface area contributed by atoms with Gasteiger partial charge in [0.25, 0.3) is 11.7 Å². The molecule has 198 valence electrons. The second-order valence-electron chi connectivity index (χ2n) is 9.71. The molecule has 0 bridgehead atoms. The van der Waals surface area contributed by atoms with E-state index in [4.69, 9.17) is 30.5 Å². The lowest BCUT2D eigenvalue weighted by Gasteiger charge is -2.18. The Morgan fingerprint density at radius 2 is 2.05 bits per heavy atom. The number of rotatable bonds is 6. The average molecular weight is 542 g/mol. The molecule has 2 aromatic rings. The maximum Gasteiger partial charge on any atom is 0.403 e. The van der Waals surface area contributed by atoms with Gasteiger partial charge in [-0.2, -0.15) is 9.98 Å². The Labute approximate surface area is 214 Å². The van der Waals surface area contributed by atoms with E-state index >= 15 is 0 Å². The van der Waals surface area contributed by atoms with Gasteiger partial charge in [-0.25, -0.2) is 18.5 Å². The number of amidine groups is 1. The van der Waals surface area contributed by atoms with Crippen LogP contribution in [0.15, 0.2) is 23.2 Å². The molecular formula is C24H25ClF3N4O5+.